The quantitative estimate of drug-likeness (QED) is 0.858. The second kappa shape index (κ2) is 4.26. The summed E-state index contributed by atoms with van der Waals surface area (Å²) in [6, 6.07) is 6.03. The van der Waals surface area contributed by atoms with Crippen LogP contribution in [0.3, 0.4) is 0 Å². The molecule has 2 rings (SSSR count). The lowest BCUT2D eigenvalue weighted by molar-refractivity contribution is 0.0968. The highest BCUT2D eigenvalue weighted by Gasteiger charge is 2.27. The Kier molecular flexibility index (Phi) is 2.94. The third-order valence-electron chi connectivity index (χ3n) is 2.85. The second-order valence-electron chi connectivity index (χ2n) is 4.54. The van der Waals surface area contributed by atoms with Gasteiger partial charge in [-0.2, -0.15) is 0 Å². The molecule has 1 atom stereocenters. The van der Waals surface area contributed by atoms with Crippen molar-refractivity contribution in [3.8, 4) is 0 Å². The van der Waals surface area contributed by atoms with E-state index >= 15 is 0 Å². The Morgan fingerprint density at radius 3 is 2.24 bits per heavy atom. The van der Waals surface area contributed by atoms with Crippen LogP contribution >= 0.6 is 0 Å². The topological polar surface area (TPSA) is 46.0 Å². The summed E-state index contributed by atoms with van der Waals surface area (Å²) < 4.78 is 0. The minimum absolute atomic E-state index is 0.560. The van der Waals surface area contributed by atoms with Crippen LogP contribution in [0.2, 0.25) is 0 Å². The smallest absolute Gasteiger partial charge is 0.130 e. The van der Waals surface area contributed by atoms with Gasteiger partial charge < -0.3 is 5.11 Å². The number of benzene rings is 1. The highest BCUT2D eigenvalue weighted by molar-refractivity contribution is 5.36. The van der Waals surface area contributed by atoms with Crippen LogP contribution in [0.1, 0.15) is 29.3 Å². The van der Waals surface area contributed by atoms with Crippen LogP contribution in [0.15, 0.2) is 36.8 Å². The third-order valence-corrected chi connectivity index (χ3v) is 2.85. The van der Waals surface area contributed by atoms with Gasteiger partial charge in [-0.25, -0.2) is 0 Å². The fourth-order valence-electron chi connectivity index (χ4n) is 1.95. The zero-order valence-electron chi connectivity index (χ0n) is 10.3. The molecule has 1 N–H and O–H groups in total. The van der Waals surface area contributed by atoms with E-state index in [4.69, 9.17) is 0 Å². The summed E-state index contributed by atoms with van der Waals surface area (Å²) >= 11 is 0. The molecule has 0 bridgehead atoms. The molecule has 0 fully saturated rings. The van der Waals surface area contributed by atoms with Gasteiger partial charge in [-0.1, -0.05) is 29.3 Å². The van der Waals surface area contributed by atoms with Crippen LogP contribution in [0.25, 0.3) is 0 Å². The first-order valence-corrected chi connectivity index (χ1v) is 5.58. The van der Waals surface area contributed by atoms with Crippen molar-refractivity contribution in [1.29, 1.82) is 0 Å². The molecule has 17 heavy (non-hydrogen) atoms. The van der Waals surface area contributed by atoms with Gasteiger partial charge in [0.05, 0.1) is 11.9 Å². The first-order chi connectivity index (χ1) is 8.00. The Morgan fingerprint density at radius 1 is 1.06 bits per heavy atom. The lowest BCUT2D eigenvalue weighted by atomic mass is 9.90. The summed E-state index contributed by atoms with van der Waals surface area (Å²) in [5.41, 5.74) is 2.55. The molecule has 1 aromatic carbocycles. The van der Waals surface area contributed by atoms with E-state index in [0.29, 0.717) is 5.69 Å². The van der Waals surface area contributed by atoms with Crippen molar-refractivity contribution in [2.45, 2.75) is 26.4 Å². The van der Waals surface area contributed by atoms with Crippen molar-refractivity contribution in [2.75, 3.05) is 0 Å². The van der Waals surface area contributed by atoms with Gasteiger partial charge in [0.15, 0.2) is 0 Å². The molecule has 1 unspecified atom stereocenters. The van der Waals surface area contributed by atoms with E-state index in [9.17, 15) is 5.11 Å². The van der Waals surface area contributed by atoms with Gasteiger partial charge in [-0.15, -0.1) is 0 Å². The average molecular weight is 228 g/mol. The van der Waals surface area contributed by atoms with E-state index in [-0.39, 0.29) is 0 Å². The molecule has 2 aromatic rings. The Hall–Kier alpha value is -1.74. The van der Waals surface area contributed by atoms with Crippen molar-refractivity contribution < 1.29 is 5.11 Å². The van der Waals surface area contributed by atoms with E-state index in [1.54, 1.807) is 25.5 Å². The molecule has 0 radical (unpaired) electrons. The fourth-order valence-corrected chi connectivity index (χ4v) is 1.95. The summed E-state index contributed by atoms with van der Waals surface area (Å²) in [6.07, 6.45) is 4.78. The van der Waals surface area contributed by atoms with Crippen LogP contribution in [0.5, 0.6) is 0 Å². The second-order valence-corrected chi connectivity index (χ2v) is 4.54. The predicted octanol–water partition coefficient (Wildman–Crippen LogP) is 2.35. The summed E-state index contributed by atoms with van der Waals surface area (Å²) in [6.45, 7) is 5.78. The zero-order chi connectivity index (χ0) is 12.5. The van der Waals surface area contributed by atoms with E-state index in [1.165, 1.54) is 0 Å². The molecule has 0 saturated heterocycles. The van der Waals surface area contributed by atoms with E-state index in [2.05, 4.69) is 16.0 Å². The van der Waals surface area contributed by atoms with Crippen molar-refractivity contribution in [1.82, 2.24) is 9.97 Å². The Labute approximate surface area is 101 Å². The first kappa shape index (κ1) is 11.7. The SMILES string of the molecule is Cc1cc(C)cc(C(C)(O)c2cnccn2)c1. The standard InChI is InChI=1S/C14H16N2O/c1-10-6-11(2)8-12(7-10)14(3,17)13-9-15-4-5-16-13/h4-9,17H,1-3H3. The fraction of sp³-hybridized carbons (Fsp3) is 0.286. The van der Waals surface area contributed by atoms with Gasteiger partial charge in [-0.05, 0) is 26.3 Å². The lowest BCUT2D eigenvalue weighted by Crippen LogP contribution is -2.24. The molecule has 0 aliphatic carbocycles. The first-order valence-electron chi connectivity index (χ1n) is 5.58. The molecule has 0 aliphatic heterocycles. The Morgan fingerprint density at radius 2 is 1.71 bits per heavy atom. The normalized spacial score (nSPS) is 14.4. The molecular formula is C14H16N2O. The highest BCUT2D eigenvalue weighted by atomic mass is 16.3. The summed E-state index contributed by atoms with van der Waals surface area (Å²) in [5, 5.41) is 10.6. The minimum atomic E-state index is -1.11. The van der Waals surface area contributed by atoms with Crippen LogP contribution in [-0.4, -0.2) is 15.1 Å². The monoisotopic (exact) mass is 228 g/mol. The maximum Gasteiger partial charge on any atom is 0.130 e. The van der Waals surface area contributed by atoms with Crippen molar-refractivity contribution in [3.05, 3.63) is 59.2 Å². The van der Waals surface area contributed by atoms with Gasteiger partial charge in [0, 0.05) is 12.4 Å². The molecule has 3 nitrogen and oxygen atoms in total. The number of rotatable bonds is 2. The van der Waals surface area contributed by atoms with E-state index in [0.717, 1.165) is 16.7 Å². The molecule has 3 heteroatoms. The van der Waals surface area contributed by atoms with Gasteiger partial charge >= 0.3 is 0 Å². The van der Waals surface area contributed by atoms with Crippen LogP contribution in [0.4, 0.5) is 0 Å². The summed E-state index contributed by atoms with van der Waals surface area (Å²) in [4.78, 5) is 8.17. The van der Waals surface area contributed by atoms with Crippen LogP contribution in [-0.2, 0) is 5.60 Å². The summed E-state index contributed by atoms with van der Waals surface area (Å²) in [7, 11) is 0. The molecular weight excluding hydrogens is 212 g/mol. The van der Waals surface area contributed by atoms with E-state index in [1.807, 2.05) is 26.0 Å². The number of aliphatic hydroxyl groups is 1. The maximum absolute atomic E-state index is 10.6. The minimum Gasteiger partial charge on any atom is -0.379 e. The molecule has 0 amide bonds. The number of hydrogen-bond donors (Lipinski definition) is 1. The molecule has 0 saturated carbocycles. The number of hydrogen-bond acceptors (Lipinski definition) is 3. The van der Waals surface area contributed by atoms with Crippen LogP contribution < -0.4 is 0 Å². The summed E-state index contributed by atoms with van der Waals surface area (Å²) in [5.74, 6) is 0. The largest absolute Gasteiger partial charge is 0.379 e. The molecule has 1 aromatic heterocycles. The lowest BCUT2D eigenvalue weighted by Gasteiger charge is -2.23. The Balaban J connectivity index is 2.51. The number of aromatic nitrogens is 2. The molecule has 88 valence electrons. The Bertz CT molecular complexity index is 501. The molecule has 0 aliphatic rings. The van der Waals surface area contributed by atoms with Crippen molar-refractivity contribution in [3.63, 3.8) is 0 Å². The van der Waals surface area contributed by atoms with Gasteiger partial charge in [-0.3, -0.25) is 9.97 Å². The van der Waals surface area contributed by atoms with Crippen LogP contribution in [0, 0.1) is 13.8 Å². The third kappa shape index (κ3) is 2.34. The van der Waals surface area contributed by atoms with Crippen molar-refractivity contribution in [2.24, 2.45) is 0 Å². The molecule has 1 heterocycles. The predicted molar refractivity (Wildman–Crippen MR) is 66.6 cm³/mol. The highest BCUT2D eigenvalue weighted by Crippen LogP contribution is 2.28. The number of aryl methyl sites for hydroxylation is 2. The molecule has 0 spiro atoms. The van der Waals surface area contributed by atoms with Gasteiger partial charge in [0.1, 0.15) is 5.60 Å². The maximum atomic E-state index is 10.6. The van der Waals surface area contributed by atoms with E-state index < -0.39 is 5.60 Å². The average Bonchev–Trinajstić information content (AvgIpc) is 2.29. The zero-order valence-corrected chi connectivity index (χ0v) is 10.3. The number of nitrogens with zero attached hydrogens (tertiary/aromatic N) is 2. The van der Waals surface area contributed by atoms with Gasteiger partial charge in [0.25, 0.3) is 0 Å². The van der Waals surface area contributed by atoms with Crippen molar-refractivity contribution >= 4 is 0 Å². The van der Waals surface area contributed by atoms with Gasteiger partial charge in [0.2, 0.25) is 0 Å².